The van der Waals surface area contributed by atoms with Gasteiger partial charge in [-0.25, -0.2) is 0 Å². The Kier molecular flexibility index (Phi) is 5.35. The number of nitrogens with zero attached hydrogens (tertiary/aromatic N) is 1. The highest BCUT2D eigenvalue weighted by Crippen LogP contribution is 2.27. The summed E-state index contributed by atoms with van der Waals surface area (Å²) >= 11 is 8.86. The maximum Gasteiger partial charge on any atom is 0.185 e. The van der Waals surface area contributed by atoms with Crippen molar-refractivity contribution in [2.45, 2.75) is 5.92 Å². The summed E-state index contributed by atoms with van der Waals surface area (Å²) < 4.78 is 2.59. The number of carbonyl (C=O) groups excluding carboxylic acids is 1. The van der Waals surface area contributed by atoms with E-state index in [-0.39, 0.29) is 5.78 Å². The lowest BCUT2D eigenvalue weighted by molar-refractivity contribution is 0.0978. The fourth-order valence-corrected chi connectivity index (χ4v) is 2.98. The second-order valence-corrected chi connectivity index (χ2v) is 7.12. The first-order chi connectivity index (χ1) is 9.52. The van der Waals surface area contributed by atoms with E-state index in [4.69, 9.17) is 0 Å². The van der Waals surface area contributed by atoms with Gasteiger partial charge in [-0.2, -0.15) is 5.26 Å². The van der Waals surface area contributed by atoms with E-state index in [1.165, 1.54) is 0 Å². The molecule has 0 heterocycles. The predicted molar refractivity (Wildman–Crippen MR) is 93.7 cm³/mol. The van der Waals surface area contributed by atoms with Crippen LogP contribution in [-0.2, 0) is 0 Å². The monoisotopic (exact) mass is 503 g/mol. The zero-order chi connectivity index (χ0) is 14.7. The van der Waals surface area contributed by atoms with Crippen molar-refractivity contribution in [2.75, 3.05) is 0 Å². The number of carbonyl (C=O) groups is 1. The van der Waals surface area contributed by atoms with Crippen LogP contribution < -0.4 is 0 Å². The average molecular weight is 505 g/mol. The molecule has 20 heavy (non-hydrogen) atoms. The summed E-state index contributed by atoms with van der Waals surface area (Å²) in [6.45, 7) is 0. The summed E-state index contributed by atoms with van der Waals surface area (Å²) in [5.41, 5.74) is 1.23. The lowest BCUT2D eigenvalue weighted by Crippen LogP contribution is -2.12. The van der Waals surface area contributed by atoms with Crippen molar-refractivity contribution in [1.29, 1.82) is 5.26 Å². The van der Waals surface area contributed by atoms with E-state index in [2.05, 4.69) is 60.5 Å². The molecule has 1 atom stereocenters. The molecule has 0 N–H and O–H groups in total. The Morgan fingerprint density at radius 2 is 1.80 bits per heavy atom. The molecule has 2 rings (SSSR count). The molecule has 0 aliphatic heterocycles. The Balaban J connectivity index is 2.42. The lowest BCUT2D eigenvalue weighted by atomic mass is 9.92. The summed E-state index contributed by atoms with van der Waals surface area (Å²) in [6, 6.07) is 14.9. The minimum absolute atomic E-state index is 0.194. The minimum atomic E-state index is -0.794. The number of rotatable bonds is 3. The van der Waals surface area contributed by atoms with Crippen LogP contribution in [0.15, 0.2) is 51.4 Å². The Labute approximate surface area is 147 Å². The Hall–Kier alpha value is -0.710. The van der Waals surface area contributed by atoms with Gasteiger partial charge in [0.2, 0.25) is 0 Å². The van der Waals surface area contributed by atoms with Gasteiger partial charge in [0.25, 0.3) is 0 Å². The number of hydrogen-bond donors (Lipinski definition) is 0. The molecule has 0 saturated heterocycles. The first-order valence-electron chi connectivity index (χ1n) is 5.67. The minimum Gasteiger partial charge on any atom is -0.292 e. The quantitative estimate of drug-likeness (QED) is 0.420. The van der Waals surface area contributed by atoms with Gasteiger partial charge in [0.05, 0.1) is 6.07 Å². The number of halogens is 3. The van der Waals surface area contributed by atoms with Crippen LogP contribution in [0, 0.1) is 14.9 Å². The van der Waals surface area contributed by atoms with Crippen LogP contribution >= 0.6 is 54.5 Å². The zero-order valence-corrected chi connectivity index (χ0v) is 15.4. The Morgan fingerprint density at radius 1 is 1.15 bits per heavy atom. The van der Waals surface area contributed by atoms with Crippen molar-refractivity contribution in [3.05, 3.63) is 66.1 Å². The number of nitriles is 1. The molecule has 0 bridgehead atoms. The fourth-order valence-electron chi connectivity index (χ4n) is 1.78. The van der Waals surface area contributed by atoms with E-state index in [0.717, 1.165) is 8.04 Å². The van der Waals surface area contributed by atoms with Gasteiger partial charge in [-0.1, -0.05) is 44.0 Å². The molecule has 0 saturated carbocycles. The van der Waals surface area contributed by atoms with Crippen molar-refractivity contribution in [2.24, 2.45) is 0 Å². The second-order valence-electron chi connectivity index (χ2n) is 4.10. The van der Waals surface area contributed by atoms with Gasteiger partial charge in [0, 0.05) is 18.1 Å². The van der Waals surface area contributed by atoms with E-state index in [1.807, 2.05) is 24.3 Å². The molecule has 2 aromatic carbocycles. The van der Waals surface area contributed by atoms with Gasteiger partial charge >= 0.3 is 0 Å². The van der Waals surface area contributed by atoms with Gasteiger partial charge in [-0.05, 0) is 58.5 Å². The summed E-state index contributed by atoms with van der Waals surface area (Å²) in [5, 5.41) is 9.34. The Morgan fingerprint density at radius 3 is 2.40 bits per heavy atom. The molecule has 0 spiro atoms. The van der Waals surface area contributed by atoms with Crippen LogP contribution in [0.5, 0.6) is 0 Å². The highest BCUT2D eigenvalue weighted by Gasteiger charge is 2.23. The highest BCUT2D eigenvalue weighted by atomic mass is 127. The van der Waals surface area contributed by atoms with Gasteiger partial charge < -0.3 is 0 Å². The van der Waals surface area contributed by atoms with Gasteiger partial charge in [0.1, 0.15) is 5.92 Å². The van der Waals surface area contributed by atoms with Crippen LogP contribution in [-0.4, -0.2) is 5.78 Å². The lowest BCUT2D eigenvalue weighted by Gasteiger charge is -2.10. The normalized spacial score (nSPS) is 11.7. The third-order valence-corrected chi connectivity index (χ3v) is 4.68. The van der Waals surface area contributed by atoms with Crippen molar-refractivity contribution < 1.29 is 4.79 Å². The number of benzene rings is 2. The van der Waals surface area contributed by atoms with Crippen molar-refractivity contribution >= 4 is 60.2 Å². The molecule has 0 aromatic heterocycles. The molecule has 100 valence electrons. The third-order valence-electron chi connectivity index (χ3n) is 2.79. The predicted octanol–water partition coefficient (Wildman–Crippen LogP) is 5.31. The van der Waals surface area contributed by atoms with Gasteiger partial charge in [-0.3, -0.25) is 4.79 Å². The maximum atomic E-state index is 12.6. The summed E-state index contributed by atoms with van der Waals surface area (Å²) in [4.78, 5) is 12.6. The molecule has 0 fully saturated rings. The second kappa shape index (κ2) is 6.83. The molecule has 1 unspecified atom stereocenters. The summed E-state index contributed by atoms with van der Waals surface area (Å²) in [5.74, 6) is -0.988. The van der Waals surface area contributed by atoms with Crippen molar-refractivity contribution in [3.8, 4) is 6.07 Å². The van der Waals surface area contributed by atoms with Crippen LogP contribution in [0.4, 0.5) is 0 Å². The average Bonchev–Trinajstić information content (AvgIpc) is 2.44. The molecule has 0 aliphatic carbocycles. The molecule has 2 nitrogen and oxygen atoms in total. The van der Waals surface area contributed by atoms with Gasteiger partial charge in [-0.15, -0.1) is 0 Å². The smallest absolute Gasteiger partial charge is 0.185 e. The van der Waals surface area contributed by atoms with Gasteiger partial charge in [0.15, 0.2) is 5.78 Å². The number of hydrogen-bond acceptors (Lipinski definition) is 2. The third kappa shape index (κ3) is 3.48. The zero-order valence-electron chi connectivity index (χ0n) is 10.1. The van der Waals surface area contributed by atoms with E-state index in [0.29, 0.717) is 15.6 Å². The van der Waals surface area contributed by atoms with E-state index >= 15 is 0 Å². The Bertz CT molecular complexity index is 692. The highest BCUT2D eigenvalue weighted by molar-refractivity contribution is 14.1. The fraction of sp³-hybridized carbons (Fsp3) is 0.0667. The SMILES string of the molecule is N#CC(C(=O)c1cc(I)ccc1Br)c1ccc(Br)cc1. The standard InChI is InChI=1S/C15H8Br2INO/c16-10-3-1-9(2-4-10)13(8-19)15(20)12-7-11(18)5-6-14(12)17/h1-7,13H. The van der Waals surface area contributed by atoms with E-state index < -0.39 is 5.92 Å². The molecule has 2 aromatic rings. The first-order valence-corrected chi connectivity index (χ1v) is 8.33. The summed E-state index contributed by atoms with van der Waals surface area (Å²) in [6.07, 6.45) is 0. The maximum absolute atomic E-state index is 12.6. The summed E-state index contributed by atoms with van der Waals surface area (Å²) in [7, 11) is 0. The molecule has 5 heteroatoms. The molecule has 0 aliphatic rings. The molecule has 0 radical (unpaired) electrons. The number of Topliss-reactive ketones (excluding diaryl/α,β-unsaturated/α-hetero) is 1. The number of ketones is 1. The van der Waals surface area contributed by atoms with Crippen LogP contribution in [0.3, 0.4) is 0 Å². The molecular weight excluding hydrogens is 497 g/mol. The molecule has 0 amide bonds. The van der Waals surface area contributed by atoms with Crippen molar-refractivity contribution in [1.82, 2.24) is 0 Å². The van der Waals surface area contributed by atoms with Crippen molar-refractivity contribution in [3.63, 3.8) is 0 Å². The van der Waals surface area contributed by atoms with Crippen LogP contribution in [0.1, 0.15) is 21.8 Å². The van der Waals surface area contributed by atoms with Crippen LogP contribution in [0.25, 0.3) is 0 Å². The molecular formula is C15H8Br2INO. The largest absolute Gasteiger partial charge is 0.292 e. The van der Waals surface area contributed by atoms with E-state index in [9.17, 15) is 10.1 Å². The van der Waals surface area contributed by atoms with E-state index in [1.54, 1.807) is 18.2 Å². The topological polar surface area (TPSA) is 40.9 Å². The first kappa shape index (κ1) is 15.7. The van der Waals surface area contributed by atoms with Crippen LogP contribution in [0.2, 0.25) is 0 Å².